The molecule has 0 atom stereocenters. The number of thiophene rings is 1. The van der Waals surface area contributed by atoms with Crippen molar-refractivity contribution < 1.29 is 13.2 Å². The summed E-state index contributed by atoms with van der Waals surface area (Å²) < 4.78 is 27.4. The van der Waals surface area contributed by atoms with Crippen molar-refractivity contribution in [2.45, 2.75) is 42.9 Å². The van der Waals surface area contributed by atoms with Crippen LogP contribution in [0.25, 0.3) is 0 Å². The molecule has 140 valence electrons. The van der Waals surface area contributed by atoms with Crippen molar-refractivity contribution in [2.24, 2.45) is 5.92 Å². The minimum atomic E-state index is -3.48. The molecule has 0 spiro atoms. The van der Waals surface area contributed by atoms with E-state index in [0.29, 0.717) is 23.9 Å². The van der Waals surface area contributed by atoms with Crippen LogP contribution in [-0.2, 0) is 10.0 Å². The average Bonchev–Trinajstić information content (AvgIpc) is 3.12. The van der Waals surface area contributed by atoms with Crippen LogP contribution in [0.15, 0.2) is 16.3 Å². The maximum absolute atomic E-state index is 12.8. The van der Waals surface area contributed by atoms with E-state index in [9.17, 15) is 13.2 Å². The molecular weight excluding hydrogens is 358 g/mol. The summed E-state index contributed by atoms with van der Waals surface area (Å²) in [5, 5.41) is 3.29. The fourth-order valence-corrected chi connectivity index (χ4v) is 6.37. The molecule has 0 radical (unpaired) electrons. The number of carbonyl (C=O) groups is 1. The summed E-state index contributed by atoms with van der Waals surface area (Å²) in [6, 6.07) is 3.46. The van der Waals surface area contributed by atoms with Crippen molar-refractivity contribution in [3.8, 4) is 0 Å². The van der Waals surface area contributed by atoms with Gasteiger partial charge < -0.3 is 10.2 Å². The van der Waals surface area contributed by atoms with Gasteiger partial charge >= 0.3 is 0 Å². The van der Waals surface area contributed by atoms with E-state index < -0.39 is 10.0 Å². The van der Waals surface area contributed by atoms with Crippen LogP contribution < -0.4 is 5.32 Å². The first kappa shape index (κ1) is 18.8. The largest absolute Gasteiger partial charge is 0.338 e. The van der Waals surface area contributed by atoms with Crippen LogP contribution in [0.4, 0.5) is 0 Å². The van der Waals surface area contributed by atoms with Crippen LogP contribution in [0.3, 0.4) is 0 Å². The quantitative estimate of drug-likeness (QED) is 0.861. The third kappa shape index (κ3) is 4.07. The van der Waals surface area contributed by atoms with Crippen LogP contribution in [0.5, 0.6) is 0 Å². The molecule has 1 N–H and O–H groups in total. The third-order valence-electron chi connectivity index (χ3n) is 5.31. The Labute approximate surface area is 154 Å². The lowest BCUT2D eigenvalue weighted by molar-refractivity contribution is 0.0708. The van der Waals surface area contributed by atoms with E-state index in [-0.39, 0.29) is 16.2 Å². The zero-order chi connectivity index (χ0) is 18.0. The Morgan fingerprint density at radius 3 is 2.48 bits per heavy atom. The minimum absolute atomic E-state index is 0.0781. The molecule has 0 unspecified atom stereocenters. The first-order chi connectivity index (χ1) is 11.9. The van der Waals surface area contributed by atoms with Crippen LogP contribution >= 0.6 is 11.3 Å². The highest BCUT2D eigenvalue weighted by Gasteiger charge is 2.31. The number of amides is 1. The Hall–Kier alpha value is -0.960. The van der Waals surface area contributed by atoms with Gasteiger partial charge in [-0.3, -0.25) is 4.79 Å². The smallest absolute Gasteiger partial charge is 0.263 e. The van der Waals surface area contributed by atoms with Gasteiger partial charge in [-0.1, -0.05) is 6.92 Å². The maximum atomic E-state index is 12.8. The number of hydrogen-bond donors (Lipinski definition) is 1. The molecule has 0 bridgehead atoms. The van der Waals surface area contributed by atoms with E-state index in [1.54, 1.807) is 21.3 Å². The number of carbonyl (C=O) groups excluding carboxylic acids is 1. The molecule has 25 heavy (non-hydrogen) atoms. The van der Waals surface area contributed by atoms with Crippen LogP contribution in [0.1, 0.15) is 42.3 Å². The second-order valence-electron chi connectivity index (χ2n) is 7.10. The molecule has 0 saturated carbocycles. The highest BCUT2D eigenvalue weighted by atomic mass is 32.2. The molecule has 1 amide bonds. The van der Waals surface area contributed by atoms with Gasteiger partial charge in [-0.2, -0.15) is 4.31 Å². The average molecular weight is 386 g/mol. The molecule has 6 nitrogen and oxygen atoms in total. The zero-order valence-electron chi connectivity index (χ0n) is 14.9. The summed E-state index contributed by atoms with van der Waals surface area (Å²) >= 11 is 1.10. The summed E-state index contributed by atoms with van der Waals surface area (Å²) in [5.74, 6) is 0.496. The normalized spacial score (nSPS) is 21.4. The van der Waals surface area contributed by atoms with Crippen molar-refractivity contribution in [2.75, 3.05) is 33.2 Å². The summed E-state index contributed by atoms with van der Waals surface area (Å²) in [7, 11) is -1.66. The molecule has 0 aromatic carbocycles. The topological polar surface area (TPSA) is 69.7 Å². The molecule has 8 heteroatoms. The Morgan fingerprint density at radius 1 is 1.20 bits per heavy atom. The second kappa shape index (κ2) is 7.73. The highest BCUT2D eigenvalue weighted by Crippen LogP contribution is 2.29. The Kier molecular flexibility index (Phi) is 5.82. The standard InChI is InChI=1S/C17H27N3O3S2/c1-13-7-11-20(12-8-13)25(22,23)16-4-3-15(24-16)17(21)19(2)14-5-9-18-10-6-14/h3-4,13-14,18H,5-12H2,1-2H3. The van der Waals surface area contributed by atoms with Crippen LogP contribution in [0.2, 0.25) is 0 Å². The lowest BCUT2D eigenvalue weighted by atomic mass is 10.0. The maximum Gasteiger partial charge on any atom is 0.263 e. The van der Waals surface area contributed by atoms with E-state index in [0.717, 1.165) is 50.1 Å². The number of nitrogens with zero attached hydrogens (tertiary/aromatic N) is 2. The lowest BCUT2D eigenvalue weighted by Gasteiger charge is -2.31. The van der Waals surface area contributed by atoms with Gasteiger partial charge in [0.05, 0.1) is 4.88 Å². The molecule has 1 aromatic rings. The highest BCUT2D eigenvalue weighted by molar-refractivity contribution is 7.91. The van der Waals surface area contributed by atoms with Gasteiger partial charge in [0.15, 0.2) is 0 Å². The van der Waals surface area contributed by atoms with Gasteiger partial charge in [-0.05, 0) is 56.8 Å². The Bertz CT molecular complexity index is 702. The van der Waals surface area contributed by atoms with Crippen molar-refractivity contribution in [1.29, 1.82) is 0 Å². The monoisotopic (exact) mass is 385 g/mol. The fourth-order valence-electron chi connectivity index (χ4n) is 3.46. The molecule has 1 aromatic heterocycles. The van der Waals surface area contributed by atoms with Crippen LogP contribution in [0, 0.1) is 5.92 Å². The van der Waals surface area contributed by atoms with E-state index in [2.05, 4.69) is 12.2 Å². The van der Waals surface area contributed by atoms with Gasteiger partial charge in [-0.25, -0.2) is 8.42 Å². The molecule has 2 saturated heterocycles. The molecule has 2 fully saturated rings. The van der Waals surface area contributed by atoms with E-state index in [1.165, 1.54) is 0 Å². The molecule has 3 rings (SSSR count). The fraction of sp³-hybridized carbons (Fsp3) is 0.706. The van der Waals surface area contributed by atoms with E-state index >= 15 is 0 Å². The van der Waals surface area contributed by atoms with Gasteiger partial charge in [-0.15, -0.1) is 11.3 Å². The summed E-state index contributed by atoms with van der Waals surface area (Å²) in [4.78, 5) is 15.0. The van der Waals surface area contributed by atoms with Gasteiger partial charge in [0.25, 0.3) is 15.9 Å². The second-order valence-corrected chi connectivity index (χ2v) is 10.4. The van der Waals surface area contributed by atoms with Crippen molar-refractivity contribution in [1.82, 2.24) is 14.5 Å². The number of piperidine rings is 2. The minimum Gasteiger partial charge on any atom is -0.338 e. The predicted octanol–water partition coefficient (Wildman–Crippen LogP) is 1.99. The molecule has 3 heterocycles. The van der Waals surface area contributed by atoms with E-state index in [4.69, 9.17) is 0 Å². The Morgan fingerprint density at radius 2 is 1.84 bits per heavy atom. The van der Waals surface area contributed by atoms with Gasteiger partial charge in [0, 0.05) is 26.2 Å². The predicted molar refractivity (Wildman–Crippen MR) is 99.5 cm³/mol. The third-order valence-corrected chi connectivity index (χ3v) is 8.74. The molecule has 2 aliphatic heterocycles. The van der Waals surface area contributed by atoms with E-state index in [1.807, 2.05) is 7.05 Å². The van der Waals surface area contributed by atoms with Gasteiger partial charge in [0.1, 0.15) is 4.21 Å². The van der Waals surface area contributed by atoms with Crippen molar-refractivity contribution in [3.63, 3.8) is 0 Å². The Balaban J connectivity index is 1.71. The first-order valence-corrected chi connectivity index (χ1v) is 11.2. The molecular formula is C17H27N3O3S2. The van der Waals surface area contributed by atoms with Crippen molar-refractivity contribution in [3.05, 3.63) is 17.0 Å². The van der Waals surface area contributed by atoms with Gasteiger partial charge in [0.2, 0.25) is 0 Å². The number of nitrogens with one attached hydrogen (secondary N) is 1. The molecule has 0 aliphatic carbocycles. The number of rotatable bonds is 4. The SMILES string of the molecule is CC1CCN(S(=O)(=O)c2ccc(C(=O)N(C)C3CCNCC3)s2)CC1. The first-order valence-electron chi connectivity index (χ1n) is 8.97. The molecule has 2 aliphatic rings. The zero-order valence-corrected chi connectivity index (χ0v) is 16.5. The van der Waals surface area contributed by atoms with Crippen LogP contribution in [-0.4, -0.2) is 62.8 Å². The van der Waals surface area contributed by atoms with Crippen molar-refractivity contribution >= 4 is 27.3 Å². The summed E-state index contributed by atoms with van der Waals surface area (Å²) in [6.07, 6.45) is 3.67. The number of sulfonamides is 1. The number of hydrogen-bond acceptors (Lipinski definition) is 5. The summed E-state index contributed by atoms with van der Waals surface area (Å²) in [5.41, 5.74) is 0. The lowest BCUT2D eigenvalue weighted by Crippen LogP contribution is -2.43. The summed E-state index contributed by atoms with van der Waals surface area (Å²) in [6.45, 7) is 5.13.